The second-order valence-corrected chi connectivity index (χ2v) is 6.73. The summed E-state index contributed by atoms with van der Waals surface area (Å²) in [5.74, 6) is 3.84. The second-order valence-electron chi connectivity index (χ2n) is 6.73. The lowest BCUT2D eigenvalue weighted by Gasteiger charge is -2.32. The van der Waals surface area contributed by atoms with Crippen LogP contribution < -0.4 is 4.90 Å². The Hall–Kier alpha value is -2.77. The van der Waals surface area contributed by atoms with Crippen molar-refractivity contribution in [2.45, 2.75) is 32.2 Å². The molecule has 1 aliphatic heterocycles. The highest BCUT2D eigenvalue weighted by Gasteiger charge is 2.25. The van der Waals surface area contributed by atoms with E-state index in [9.17, 15) is 4.39 Å². The highest BCUT2D eigenvalue weighted by molar-refractivity contribution is 5.38. The predicted molar refractivity (Wildman–Crippen MR) is 95.5 cm³/mol. The van der Waals surface area contributed by atoms with Crippen LogP contribution in [0.2, 0.25) is 0 Å². The molecule has 1 fully saturated rings. The number of pyridine rings is 1. The fourth-order valence-electron chi connectivity index (χ4n) is 3.51. The molecule has 3 aromatic heterocycles. The topological polar surface area (TPSA) is 64.7 Å². The SMILES string of the molecule is Cc1nccn1Cc1nnc(C2CCN(c3ccc(F)cn3)CC2)n1C. The van der Waals surface area contributed by atoms with Gasteiger partial charge in [0.15, 0.2) is 5.82 Å². The normalized spacial score (nSPS) is 15.6. The van der Waals surface area contributed by atoms with Gasteiger partial charge in [0.05, 0.1) is 12.7 Å². The molecule has 0 bridgehead atoms. The van der Waals surface area contributed by atoms with E-state index in [1.165, 1.54) is 12.3 Å². The summed E-state index contributed by atoms with van der Waals surface area (Å²) in [5.41, 5.74) is 0. The molecule has 136 valence electrons. The van der Waals surface area contributed by atoms with Crippen molar-refractivity contribution in [3.05, 3.63) is 54.0 Å². The molecule has 0 radical (unpaired) electrons. The number of nitrogens with zero attached hydrogens (tertiary/aromatic N) is 7. The number of halogens is 1. The number of imidazole rings is 1. The van der Waals surface area contributed by atoms with Crippen LogP contribution in [0.15, 0.2) is 30.7 Å². The summed E-state index contributed by atoms with van der Waals surface area (Å²) in [6.45, 7) is 4.42. The van der Waals surface area contributed by atoms with Crippen molar-refractivity contribution in [3.8, 4) is 0 Å². The lowest BCUT2D eigenvalue weighted by atomic mass is 9.96. The Bertz CT molecular complexity index is 875. The lowest BCUT2D eigenvalue weighted by Crippen LogP contribution is -2.34. The molecule has 3 aromatic rings. The Morgan fingerprint density at radius 3 is 2.62 bits per heavy atom. The summed E-state index contributed by atoms with van der Waals surface area (Å²) >= 11 is 0. The van der Waals surface area contributed by atoms with Crippen molar-refractivity contribution in [2.75, 3.05) is 18.0 Å². The number of anilines is 1. The fourth-order valence-corrected chi connectivity index (χ4v) is 3.51. The minimum atomic E-state index is -0.302. The molecular weight excluding hydrogens is 333 g/mol. The number of aromatic nitrogens is 6. The summed E-state index contributed by atoms with van der Waals surface area (Å²) in [7, 11) is 2.03. The van der Waals surface area contributed by atoms with Crippen LogP contribution in [0.3, 0.4) is 0 Å². The zero-order valence-corrected chi connectivity index (χ0v) is 15.0. The minimum absolute atomic E-state index is 0.302. The van der Waals surface area contributed by atoms with Gasteiger partial charge < -0.3 is 14.0 Å². The molecule has 0 saturated carbocycles. The molecule has 0 unspecified atom stereocenters. The molecule has 0 aromatic carbocycles. The molecule has 0 amide bonds. The largest absolute Gasteiger partial charge is 0.357 e. The Morgan fingerprint density at radius 1 is 1.15 bits per heavy atom. The van der Waals surface area contributed by atoms with Gasteiger partial charge in [-0.1, -0.05) is 0 Å². The first-order chi connectivity index (χ1) is 12.6. The molecule has 0 spiro atoms. The summed E-state index contributed by atoms with van der Waals surface area (Å²) in [6, 6.07) is 3.20. The van der Waals surface area contributed by atoms with Gasteiger partial charge in [0, 0.05) is 38.4 Å². The summed E-state index contributed by atoms with van der Waals surface area (Å²) < 4.78 is 17.2. The van der Waals surface area contributed by atoms with Crippen LogP contribution in [-0.2, 0) is 13.6 Å². The molecule has 0 aliphatic carbocycles. The van der Waals surface area contributed by atoms with Gasteiger partial charge in [-0.25, -0.2) is 14.4 Å². The molecule has 7 nitrogen and oxygen atoms in total. The Labute approximate surface area is 151 Å². The van der Waals surface area contributed by atoms with Gasteiger partial charge in [-0.3, -0.25) is 0 Å². The Balaban J connectivity index is 1.43. The van der Waals surface area contributed by atoms with Crippen molar-refractivity contribution in [2.24, 2.45) is 7.05 Å². The number of aryl methyl sites for hydroxylation is 1. The third kappa shape index (κ3) is 3.18. The first-order valence-corrected chi connectivity index (χ1v) is 8.84. The first kappa shape index (κ1) is 16.7. The van der Waals surface area contributed by atoms with Crippen LogP contribution >= 0.6 is 0 Å². The molecule has 1 aliphatic rings. The molecule has 0 atom stereocenters. The quantitative estimate of drug-likeness (QED) is 0.718. The highest BCUT2D eigenvalue weighted by atomic mass is 19.1. The third-order valence-electron chi connectivity index (χ3n) is 5.13. The zero-order valence-electron chi connectivity index (χ0n) is 15.0. The van der Waals surface area contributed by atoms with Crippen LogP contribution in [0.5, 0.6) is 0 Å². The van der Waals surface area contributed by atoms with Gasteiger partial charge in [-0.05, 0) is 31.9 Å². The van der Waals surface area contributed by atoms with E-state index in [1.54, 1.807) is 12.3 Å². The van der Waals surface area contributed by atoms with Gasteiger partial charge >= 0.3 is 0 Å². The summed E-state index contributed by atoms with van der Waals surface area (Å²) in [4.78, 5) is 10.6. The molecular formula is C18H22FN7. The van der Waals surface area contributed by atoms with E-state index >= 15 is 0 Å². The highest BCUT2D eigenvalue weighted by Crippen LogP contribution is 2.29. The maximum Gasteiger partial charge on any atom is 0.152 e. The van der Waals surface area contributed by atoms with E-state index in [0.29, 0.717) is 12.5 Å². The molecule has 0 N–H and O–H groups in total. The fraction of sp³-hybridized carbons (Fsp3) is 0.444. The second kappa shape index (κ2) is 6.86. The van der Waals surface area contributed by atoms with E-state index < -0.39 is 0 Å². The molecule has 26 heavy (non-hydrogen) atoms. The van der Waals surface area contributed by atoms with E-state index in [4.69, 9.17) is 0 Å². The van der Waals surface area contributed by atoms with Crippen molar-refractivity contribution in [1.82, 2.24) is 29.3 Å². The van der Waals surface area contributed by atoms with Crippen LogP contribution in [-0.4, -0.2) is 42.4 Å². The van der Waals surface area contributed by atoms with Gasteiger partial charge in [0.1, 0.15) is 23.3 Å². The summed E-state index contributed by atoms with van der Waals surface area (Å²) in [5, 5.41) is 8.85. The maximum atomic E-state index is 13.0. The Kier molecular flexibility index (Phi) is 4.40. The number of rotatable bonds is 4. The standard InChI is InChI=1S/C18H22FN7/c1-13-20-7-10-26(13)12-17-22-23-18(24(17)2)14-5-8-25(9-6-14)16-4-3-15(19)11-21-16/h3-4,7,10-11,14H,5-6,8-9,12H2,1-2H3. The third-order valence-corrected chi connectivity index (χ3v) is 5.13. The van der Waals surface area contributed by atoms with Crippen molar-refractivity contribution in [3.63, 3.8) is 0 Å². The molecule has 4 rings (SSSR count). The lowest BCUT2D eigenvalue weighted by molar-refractivity contribution is 0.469. The maximum absolute atomic E-state index is 13.0. The number of hydrogen-bond acceptors (Lipinski definition) is 5. The molecule has 4 heterocycles. The zero-order chi connectivity index (χ0) is 18.1. The van der Waals surface area contributed by atoms with Crippen LogP contribution in [0.25, 0.3) is 0 Å². The van der Waals surface area contributed by atoms with Crippen molar-refractivity contribution < 1.29 is 4.39 Å². The monoisotopic (exact) mass is 355 g/mol. The first-order valence-electron chi connectivity index (χ1n) is 8.84. The van der Waals surface area contributed by atoms with Gasteiger partial charge in [-0.15, -0.1) is 10.2 Å². The molecule has 1 saturated heterocycles. The predicted octanol–water partition coefficient (Wildman–Crippen LogP) is 2.29. The van der Waals surface area contributed by atoms with Crippen LogP contribution in [0.4, 0.5) is 10.2 Å². The van der Waals surface area contributed by atoms with Gasteiger partial charge in [0.2, 0.25) is 0 Å². The Morgan fingerprint density at radius 2 is 1.96 bits per heavy atom. The minimum Gasteiger partial charge on any atom is -0.357 e. The van der Waals surface area contributed by atoms with E-state index in [1.807, 2.05) is 20.2 Å². The van der Waals surface area contributed by atoms with E-state index in [2.05, 4.69) is 34.2 Å². The summed E-state index contributed by atoms with van der Waals surface area (Å²) in [6.07, 6.45) is 6.99. The van der Waals surface area contributed by atoms with Gasteiger partial charge in [0.25, 0.3) is 0 Å². The molecule has 8 heteroatoms. The van der Waals surface area contributed by atoms with Crippen molar-refractivity contribution in [1.29, 1.82) is 0 Å². The smallest absolute Gasteiger partial charge is 0.152 e. The van der Waals surface area contributed by atoms with E-state index in [-0.39, 0.29) is 5.82 Å². The average Bonchev–Trinajstić information content (AvgIpc) is 3.22. The number of piperidine rings is 1. The average molecular weight is 355 g/mol. The number of hydrogen-bond donors (Lipinski definition) is 0. The van der Waals surface area contributed by atoms with Crippen molar-refractivity contribution >= 4 is 5.82 Å². The van der Waals surface area contributed by atoms with Gasteiger partial charge in [-0.2, -0.15) is 0 Å². The van der Waals surface area contributed by atoms with Crippen LogP contribution in [0.1, 0.15) is 36.2 Å². The van der Waals surface area contributed by atoms with Crippen LogP contribution in [0, 0.1) is 12.7 Å². The van der Waals surface area contributed by atoms with E-state index in [0.717, 1.165) is 49.2 Å².